The van der Waals surface area contributed by atoms with E-state index in [4.69, 9.17) is 16.3 Å². The Labute approximate surface area is 191 Å². The Morgan fingerprint density at radius 2 is 1.94 bits per heavy atom. The molecular weight excluding hydrogens is 430 g/mol. The zero-order chi connectivity index (χ0) is 21.6. The molecule has 2 heterocycles. The fourth-order valence-electron chi connectivity index (χ4n) is 3.42. The van der Waals surface area contributed by atoms with Crippen molar-refractivity contribution in [1.29, 1.82) is 0 Å². The lowest BCUT2D eigenvalue weighted by Gasteiger charge is -2.21. The van der Waals surface area contributed by atoms with Crippen LogP contribution in [0.25, 0.3) is 11.3 Å². The van der Waals surface area contributed by atoms with Crippen molar-refractivity contribution in [2.24, 2.45) is 0 Å². The first kappa shape index (κ1) is 21.5. The Hall–Kier alpha value is -2.70. The SMILES string of the molecule is COc1ccc(-c2cc(NC(=O)c3ccc(N4CCCCCS4)cc3)ccc2Cl)nc1. The summed E-state index contributed by atoms with van der Waals surface area (Å²) in [4.78, 5) is 17.2. The first-order valence-corrected chi connectivity index (χ1v) is 11.6. The Bertz CT molecular complexity index is 1030. The molecule has 0 spiro atoms. The van der Waals surface area contributed by atoms with Gasteiger partial charge in [0, 0.05) is 34.8 Å². The van der Waals surface area contributed by atoms with Crippen LogP contribution in [0.4, 0.5) is 11.4 Å². The van der Waals surface area contributed by atoms with E-state index in [1.165, 1.54) is 19.3 Å². The number of amides is 1. The smallest absolute Gasteiger partial charge is 0.255 e. The third-order valence-electron chi connectivity index (χ3n) is 5.14. The van der Waals surface area contributed by atoms with E-state index in [1.54, 1.807) is 25.4 Å². The van der Waals surface area contributed by atoms with Crippen molar-refractivity contribution >= 4 is 40.8 Å². The first-order valence-electron chi connectivity index (χ1n) is 10.3. The van der Waals surface area contributed by atoms with E-state index in [-0.39, 0.29) is 5.91 Å². The number of benzene rings is 2. The highest BCUT2D eigenvalue weighted by atomic mass is 35.5. The van der Waals surface area contributed by atoms with Crippen LogP contribution in [-0.2, 0) is 0 Å². The average Bonchev–Trinajstić information content (AvgIpc) is 3.10. The molecule has 5 nitrogen and oxygen atoms in total. The van der Waals surface area contributed by atoms with Gasteiger partial charge in [0.1, 0.15) is 5.75 Å². The van der Waals surface area contributed by atoms with E-state index in [2.05, 4.69) is 14.6 Å². The molecule has 1 amide bonds. The van der Waals surface area contributed by atoms with E-state index in [0.29, 0.717) is 27.7 Å². The van der Waals surface area contributed by atoms with Crippen molar-refractivity contribution in [2.75, 3.05) is 29.0 Å². The molecule has 0 saturated carbocycles. The number of carbonyl (C=O) groups is 1. The molecule has 160 valence electrons. The lowest BCUT2D eigenvalue weighted by atomic mass is 10.1. The molecule has 4 rings (SSSR count). The molecule has 0 radical (unpaired) electrons. The number of pyridine rings is 1. The maximum absolute atomic E-state index is 12.8. The minimum Gasteiger partial charge on any atom is -0.495 e. The minimum atomic E-state index is -0.161. The first-order chi connectivity index (χ1) is 15.1. The van der Waals surface area contributed by atoms with Crippen molar-refractivity contribution < 1.29 is 9.53 Å². The van der Waals surface area contributed by atoms with Crippen molar-refractivity contribution in [1.82, 2.24) is 4.98 Å². The van der Waals surface area contributed by atoms with E-state index in [1.807, 2.05) is 54.4 Å². The molecule has 31 heavy (non-hydrogen) atoms. The van der Waals surface area contributed by atoms with Gasteiger partial charge in [0.05, 0.1) is 24.0 Å². The quantitative estimate of drug-likeness (QED) is 0.459. The number of halogens is 1. The molecule has 1 aliphatic heterocycles. The van der Waals surface area contributed by atoms with Crippen molar-refractivity contribution in [3.63, 3.8) is 0 Å². The minimum absolute atomic E-state index is 0.161. The van der Waals surface area contributed by atoms with Crippen molar-refractivity contribution in [3.8, 4) is 17.0 Å². The van der Waals surface area contributed by atoms with E-state index in [9.17, 15) is 4.79 Å². The molecule has 0 unspecified atom stereocenters. The van der Waals surface area contributed by atoms with Crippen LogP contribution < -0.4 is 14.4 Å². The Morgan fingerprint density at radius 1 is 1.10 bits per heavy atom. The van der Waals surface area contributed by atoms with Gasteiger partial charge in [0.15, 0.2) is 0 Å². The molecule has 1 aliphatic rings. The Balaban J connectivity index is 1.48. The lowest BCUT2D eigenvalue weighted by Crippen LogP contribution is -2.15. The van der Waals surface area contributed by atoms with Gasteiger partial charge < -0.3 is 14.4 Å². The summed E-state index contributed by atoms with van der Waals surface area (Å²) in [6.45, 7) is 1.04. The second kappa shape index (κ2) is 10.1. The molecule has 7 heteroatoms. The van der Waals surface area contributed by atoms with Gasteiger partial charge in [-0.3, -0.25) is 9.78 Å². The van der Waals surface area contributed by atoms with Crippen LogP contribution in [-0.4, -0.2) is 30.3 Å². The third-order valence-corrected chi connectivity index (χ3v) is 6.65. The summed E-state index contributed by atoms with van der Waals surface area (Å²) in [5, 5.41) is 3.52. The van der Waals surface area contributed by atoms with Crippen LogP contribution in [0.3, 0.4) is 0 Å². The molecule has 0 bridgehead atoms. The molecule has 1 fully saturated rings. The summed E-state index contributed by atoms with van der Waals surface area (Å²) < 4.78 is 7.48. The number of carbonyl (C=O) groups excluding carboxylic acids is 1. The predicted octanol–water partition coefficient (Wildman–Crippen LogP) is 6.30. The second-order valence-electron chi connectivity index (χ2n) is 7.27. The summed E-state index contributed by atoms with van der Waals surface area (Å²) >= 11 is 8.23. The zero-order valence-electron chi connectivity index (χ0n) is 17.3. The lowest BCUT2D eigenvalue weighted by molar-refractivity contribution is 0.102. The summed E-state index contributed by atoms with van der Waals surface area (Å²) in [5.74, 6) is 1.65. The van der Waals surface area contributed by atoms with Crippen LogP contribution in [0.2, 0.25) is 5.02 Å². The number of anilines is 2. The number of rotatable bonds is 5. The third kappa shape index (κ3) is 5.32. The van der Waals surface area contributed by atoms with Gasteiger partial charge in [-0.05, 0) is 79.4 Å². The van der Waals surface area contributed by atoms with Gasteiger partial charge in [0.2, 0.25) is 0 Å². The topological polar surface area (TPSA) is 54.5 Å². The van der Waals surface area contributed by atoms with E-state index in [0.717, 1.165) is 23.5 Å². The van der Waals surface area contributed by atoms with Crippen LogP contribution in [0.15, 0.2) is 60.8 Å². The van der Waals surface area contributed by atoms with Crippen molar-refractivity contribution in [3.05, 3.63) is 71.4 Å². The summed E-state index contributed by atoms with van der Waals surface area (Å²) in [6.07, 6.45) is 5.38. The maximum atomic E-state index is 12.8. The number of nitrogens with one attached hydrogen (secondary N) is 1. The van der Waals surface area contributed by atoms with Crippen LogP contribution in [0, 0.1) is 0 Å². The fraction of sp³-hybridized carbons (Fsp3) is 0.250. The van der Waals surface area contributed by atoms with Crippen molar-refractivity contribution in [2.45, 2.75) is 19.3 Å². The molecular formula is C24H24ClN3O2S. The summed E-state index contributed by atoms with van der Waals surface area (Å²) in [7, 11) is 1.60. The van der Waals surface area contributed by atoms with Gasteiger partial charge in [-0.15, -0.1) is 0 Å². The zero-order valence-corrected chi connectivity index (χ0v) is 18.9. The number of methoxy groups -OCH3 is 1. The number of nitrogens with zero attached hydrogens (tertiary/aromatic N) is 2. The van der Waals surface area contributed by atoms with E-state index < -0.39 is 0 Å². The summed E-state index contributed by atoms with van der Waals surface area (Å²) in [5.41, 5.74) is 3.87. The molecule has 1 aromatic heterocycles. The molecule has 2 aromatic carbocycles. The normalized spacial score (nSPS) is 14.1. The highest BCUT2D eigenvalue weighted by Gasteiger charge is 2.13. The molecule has 0 aliphatic carbocycles. The Kier molecular flexibility index (Phi) is 6.99. The molecule has 3 aromatic rings. The number of aromatic nitrogens is 1. The van der Waals surface area contributed by atoms with Gasteiger partial charge >= 0.3 is 0 Å². The predicted molar refractivity (Wildman–Crippen MR) is 129 cm³/mol. The van der Waals surface area contributed by atoms with Crippen LogP contribution >= 0.6 is 23.5 Å². The highest BCUT2D eigenvalue weighted by molar-refractivity contribution is 8.00. The van der Waals surface area contributed by atoms with Gasteiger partial charge in [-0.1, -0.05) is 18.0 Å². The molecule has 0 atom stereocenters. The largest absolute Gasteiger partial charge is 0.495 e. The average molecular weight is 454 g/mol. The van der Waals surface area contributed by atoms with Gasteiger partial charge in [-0.25, -0.2) is 0 Å². The standard InChI is InChI=1S/C24H24ClN3O2S/c1-30-20-10-12-23(26-16-20)21-15-18(7-11-22(21)25)27-24(29)17-5-8-19(9-6-17)28-13-3-2-4-14-31-28/h5-12,15-16H,2-4,13-14H2,1H3,(H,27,29). The Morgan fingerprint density at radius 3 is 2.68 bits per heavy atom. The maximum Gasteiger partial charge on any atom is 0.255 e. The summed E-state index contributed by atoms with van der Waals surface area (Å²) in [6, 6.07) is 16.8. The highest BCUT2D eigenvalue weighted by Crippen LogP contribution is 2.31. The monoisotopic (exact) mass is 453 g/mol. The van der Waals surface area contributed by atoms with Gasteiger partial charge in [0.25, 0.3) is 5.91 Å². The fourth-order valence-corrected chi connectivity index (χ4v) is 4.72. The van der Waals surface area contributed by atoms with E-state index >= 15 is 0 Å². The number of hydrogen-bond donors (Lipinski definition) is 1. The molecule has 1 N–H and O–H groups in total. The van der Waals surface area contributed by atoms with Crippen LogP contribution in [0.1, 0.15) is 29.6 Å². The van der Waals surface area contributed by atoms with Crippen LogP contribution in [0.5, 0.6) is 5.75 Å². The number of ether oxygens (including phenoxy) is 1. The van der Waals surface area contributed by atoms with Gasteiger partial charge in [-0.2, -0.15) is 0 Å². The second-order valence-corrected chi connectivity index (χ2v) is 8.79. The number of hydrogen-bond acceptors (Lipinski definition) is 5. The molecule has 1 saturated heterocycles.